The first-order valence-corrected chi connectivity index (χ1v) is 7.16. The lowest BCUT2D eigenvalue weighted by molar-refractivity contribution is -0.137. The van der Waals surface area contributed by atoms with Crippen LogP contribution in [0.2, 0.25) is 0 Å². The van der Waals surface area contributed by atoms with Gasteiger partial charge < -0.3 is 10.6 Å². The molecule has 1 atom stereocenters. The molecule has 1 aromatic rings. The SMILES string of the molecule is C/C(=C/C(=O)N1CCC[C@@H]1C(N)=O)c1ccccc1C(F)(F)F. The summed E-state index contributed by atoms with van der Waals surface area (Å²) < 4.78 is 39.1. The fraction of sp³-hybridized carbons (Fsp3) is 0.375. The number of nitrogens with zero attached hydrogens (tertiary/aromatic N) is 1. The molecule has 1 fully saturated rings. The minimum absolute atomic E-state index is 0.0526. The predicted molar refractivity (Wildman–Crippen MR) is 79.0 cm³/mol. The van der Waals surface area contributed by atoms with Crippen molar-refractivity contribution in [3.63, 3.8) is 0 Å². The molecule has 1 aliphatic heterocycles. The maximum Gasteiger partial charge on any atom is 0.416 e. The van der Waals surface area contributed by atoms with Crippen LogP contribution in [0.3, 0.4) is 0 Å². The van der Waals surface area contributed by atoms with E-state index in [1.165, 1.54) is 30.0 Å². The highest BCUT2D eigenvalue weighted by atomic mass is 19.4. The van der Waals surface area contributed by atoms with E-state index in [-0.39, 0.29) is 11.1 Å². The normalized spacial score (nSPS) is 19.0. The molecule has 7 heteroatoms. The first kappa shape index (κ1) is 17.1. The number of halogens is 3. The second-order valence-corrected chi connectivity index (χ2v) is 5.46. The maximum atomic E-state index is 13.0. The summed E-state index contributed by atoms with van der Waals surface area (Å²) in [6.07, 6.45) is -2.25. The number of rotatable bonds is 3. The van der Waals surface area contributed by atoms with Gasteiger partial charge in [0.25, 0.3) is 0 Å². The van der Waals surface area contributed by atoms with Crippen molar-refractivity contribution in [1.29, 1.82) is 0 Å². The number of allylic oxidation sites excluding steroid dienone is 1. The standard InChI is InChI=1S/C16H17F3N2O2/c1-10(11-5-2-3-6-12(11)16(17,18)19)9-14(22)21-8-4-7-13(21)15(20)23/h2-3,5-6,9,13H,4,7-8H2,1H3,(H2,20,23)/b10-9-/t13-/m1/s1. The first-order valence-electron chi connectivity index (χ1n) is 7.16. The smallest absolute Gasteiger partial charge is 0.368 e. The second kappa shape index (κ2) is 6.44. The summed E-state index contributed by atoms with van der Waals surface area (Å²) in [5, 5.41) is 0. The van der Waals surface area contributed by atoms with Crippen LogP contribution in [0.4, 0.5) is 13.2 Å². The van der Waals surface area contributed by atoms with E-state index in [1.54, 1.807) is 0 Å². The van der Waals surface area contributed by atoms with Gasteiger partial charge in [-0.1, -0.05) is 18.2 Å². The molecular formula is C16H17F3N2O2. The van der Waals surface area contributed by atoms with Crippen LogP contribution in [0.1, 0.15) is 30.9 Å². The number of carbonyl (C=O) groups excluding carboxylic acids is 2. The second-order valence-electron chi connectivity index (χ2n) is 5.46. The summed E-state index contributed by atoms with van der Waals surface area (Å²) in [6.45, 7) is 1.81. The molecule has 0 saturated carbocycles. The van der Waals surface area contributed by atoms with Gasteiger partial charge in [0.2, 0.25) is 11.8 Å². The van der Waals surface area contributed by atoms with E-state index < -0.39 is 29.6 Å². The Kier molecular flexibility index (Phi) is 4.77. The number of alkyl halides is 3. The fourth-order valence-corrected chi connectivity index (χ4v) is 2.75. The number of hydrogen-bond donors (Lipinski definition) is 1. The van der Waals surface area contributed by atoms with Crippen LogP contribution in [-0.2, 0) is 15.8 Å². The highest BCUT2D eigenvalue weighted by Crippen LogP contribution is 2.34. The van der Waals surface area contributed by atoms with Gasteiger partial charge >= 0.3 is 6.18 Å². The topological polar surface area (TPSA) is 63.4 Å². The molecule has 2 amide bonds. The molecule has 1 heterocycles. The Morgan fingerprint density at radius 3 is 2.57 bits per heavy atom. The zero-order valence-electron chi connectivity index (χ0n) is 12.6. The molecular weight excluding hydrogens is 309 g/mol. The van der Waals surface area contributed by atoms with E-state index in [4.69, 9.17) is 5.73 Å². The third-order valence-corrected chi connectivity index (χ3v) is 3.86. The van der Waals surface area contributed by atoms with Crippen LogP contribution in [0.15, 0.2) is 30.3 Å². The summed E-state index contributed by atoms with van der Waals surface area (Å²) in [6, 6.07) is 4.38. The van der Waals surface area contributed by atoms with Crippen LogP contribution in [0.25, 0.3) is 5.57 Å². The monoisotopic (exact) mass is 326 g/mol. The molecule has 2 N–H and O–H groups in total. The number of primary amides is 1. The minimum atomic E-state index is -4.50. The number of amides is 2. The lowest BCUT2D eigenvalue weighted by Crippen LogP contribution is -2.43. The van der Waals surface area contributed by atoms with E-state index in [0.717, 1.165) is 12.1 Å². The van der Waals surface area contributed by atoms with Crippen molar-refractivity contribution in [2.75, 3.05) is 6.54 Å². The first-order chi connectivity index (χ1) is 10.7. The van der Waals surface area contributed by atoms with Crippen molar-refractivity contribution in [2.45, 2.75) is 32.0 Å². The summed E-state index contributed by atoms with van der Waals surface area (Å²) in [5.41, 5.74) is 4.59. The molecule has 0 aromatic heterocycles. The Morgan fingerprint density at radius 2 is 1.96 bits per heavy atom. The maximum absolute atomic E-state index is 13.0. The van der Waals surface area contributed by atoms with E-state index in [1.807, 2.05) is 0 Å². The Labute approximate surface area is 131 Å². The molecule has 1 aromatic carbocycles. The lowest BCUT2D eigenvalue weighted by Gasteiger charge is -2.21. The van der Waals surface area contributed by atoms with Crippen LogP contribution in [-0.4, -0.2) is 29.3 Å². The van der Waals surface area contributed by atoms with Gasteiger partial charge in [-0.15, -0.1) is 0 Å². The lowest BCUT2D eigenvalue weighted by atomic mass is 10.00. The van der Waals surface area contributed by atoms with Crippen LogP contribution in [0.5, 0.6) is 0 Å². The van der Waals surface area contributed by atoms with Crippen molar-refractivity contribution in [2.24, 2.45) is 5.73 Å². The Balaban J connectivity index is 2.30. The van der Waals surface area contributed by atoms with Crippen LogP contribution in [0, 0.1) is 0 Å². The molecule has 4 nitrogen and oxygen atoms in total. The number of carbonyl (C=O) groups is 2. The highest BCUT2D eigenvalue weighted by molar-refractivity contribution is 5.98. The highest BCUT2D eigenvalue weighted by Gasteiger charge is 2.34. The largest absolute Gasteiger partial charge is 0.416 e. The van der Waals surface area contributed by atoms with E-state index in [9.17, 15) is 22.8 Å². The van der Waals surface area contributed by atoms with Crippen molar-refractivity contribution in [3.8, 4) is 0 Å². The average molecular weight is 326 g/mol. The molecule has 23 heavy (non-hydrogen) atoms. The van der Waals surface area contributed by atoms with Gasteiger partial charge in [-0.3, -0.25) is 9.59 Å². The number of nitrogens with two attached hydrogens (primary N) is 1. The summed E-state index contributed by atoms with van der Waals surface area (Å²) >= 11 is 0. The third kappa shape index (κ3) is 3.72. The molecule has 0 spiro atoms. The Morgan fingerprint density at radius 1 is 1.30 bits per heavy atom. The Bertz CT molecular complexity index is 653. The van der Waals surface area contributed by atoms with Gasteiger partial charge in [0.15, 0.2) is 0 Å². The summed E-state index contributed by atoms with van der Waals surface area (Å²) in [4.78, 5) is 24.9. The van der Waals surface area contributed by atoms with Gasteiger partial charge in [-0.05, 0) is 37.0 Å². The van der Waals surface area contributed by atoms with Gasteiger partial charge in [0, 0.05) is 12.6 Å². The van der Waals surface area contributed by atoms with E-state index >= 15 is 0 Å². The van der Waals surface area contributed by atoms with Gasteiger partial charge in [-0.2, -0.15) is 13.2 Å². The van der Waals surface area contributed by atoms with Gasteiger partial charge in [0.05, 0.1) is 5.56 Å². The minimum Gasteiger partial charge on any atom is -0.368 e. The summed E-state index contributed by atoms with van der Waals surface area (Å²) in [5.74, 6) is -1.10. The van der Waals surface area contributed by atoms with E-state index in [2.05, 4.69) is 0 Å². The predicted octanol–water partition coefficient (Wildman–Crippen LogP) is 2.59. The molecule has 1 aliphatic rings. The van der Waals surface area contributed by atoms with E-state index in [0.29, 0.717) is 19.4 Å². The van der Waals surface area contributed by atoms with Crippen LogP contribution < -0.4 is 5.73 Å². The molecule has 2 rings (SSSR count). The third-order valence-electron chi connectivity index (χ3n) is 3.86. The summed E-state index contributed by atoms with van der Waals surface area (Å²) in [7, 11) is 0. The zero-order chi connectivity index (χ0) is 17.2. The molecule has 1 saturated heterocycles. The van der Waals surface area contributed by atoms with Gasteiger partial charge in [-0.25, -0.2) is 0 Å². The number of likely N-dealkylation sites (tertiary alicyclic amines) is 1. The van der Waals surface area contributed by atoms with Crippen molar-refractivity contribution < 1.29 is 22.8 Å². The molecule has 0 unspecified atom stereocenters. The molecule has 0 radical (unpaired) electrons. The molecule has 0 bridgehead atoms. The Hall–Kier alpha value is -2.31. The molecule has 124 valence electrons. The van der Waals surface area contributed by atoms with Crippen molar-refractivity contribution in [1.82, 2.24) is 4.90 Å². The quantitative estimate of drug-likeness (QED) is 0.868. The fourth-order valence-electron chi connectivity index (χ4n) is 2.75. The van der Waals surface area contributed by atoms with Gasteiger partial charge in [0.1, 0.15) is 6.04 Å². The zero-order valence-corrected chi connectivity index (χ0v) is 12.6. The molecule has 0 aliphatic carbocycles. The number of benzene rings is 1. The van der Waals surface area contributed by atoms with Crippen LogP contribution >= 0.6 is 0 Å². The van der Waals surface area contributed by atoms with Crippen molar-refractivity contribution in [3.05, 3.63) is 41.5 Å². The number of hydrogen-bond acceptors (Lipinski definition) is 2. The average Bonchev–Trinajstić information content (AvgIpc) is 2.96. The van der Waals surface area contributed by atoms with Crippen molar-refractivity contribution >= 4 is 17.4 Å².